The first-order valence-electron chi connectivity index (χ1n) is 7.92. The Labute approximate surface area is 121 Å². The van der Waals surface area contributed by atoms with Crippen LogP contribution >= 0.6 is 0 Å². The average Bonchev–Trinajstić information content (AvgIpc) is 2.76. The molecule has 0 radical (unpaired) electrons. The molecule has 2 aliphatic rings. The van der Waals surface area contributed by atoms with Gasteiger partial charge in [0.05, 0.1) is 5.92 Å². The van der Waals surface area contributed by atoms with Crippen LogP contribution in [0.25, 0.3) is 0 Å². The van der Waals surface area contributed by atoms with E-state index in [-0.39, 0.29) is 29.1 Å². The van der Waals surface area contributed by atoms with E-state index in [1.165, 1.54) is 0 Å². The van der Waals surface area contributed by atoms with Gasteiger partial charge in [-0.3, -0.25) is 9.59 Å². The van der Waals surface area contributed by atoms with Crippen molar-refractivity contribution in [1.82, 2.24) is 5.32 Å². The molecule has 4 nitrogen and oxygen atoms in total. The topological polar surface area (TPSA) is 66.4 Å². The molecule has 3 atom stereocenters. The largest absolute Gasteiger partial charge is 0.481 e. The second-order valence-electron chi connectivity index (χ2n) is 7.17. The Hall–Kier alpha value is -1.06. The highest BCUT2D eigenvalue weighted by Gasteiger charge is 2.39. The van der Waals surface area contributed by atoms with Gasteiger partial charge in [0.2, 0.25) is 5.91 Å². The third-order valence-electron chi connectivity index (χ3n) is 5.34. The van der Waals surface area contributed by atoms with E-state index in [1.807, 2.05) is 0 Å². The molecule has 0 bridgehead atoms. The number of carboxylic acid groups (broad SMARTS) is 1. The van der Waals surface area contributed by atoms with Gasteiger partial charge in [0.15, 0.2) is 0 Å². The molecule has 0 spiro atoms. The number of rotatable bonds is 4. The Bertz CT molecular complexity index is 378. The van der Waals surface area contributed by atoms with Crippen molar-refractivity contribution in [3.8, 4) is 0 Å². The molecule has 2 rings (SSSR count). The Morgan fingerprint density at radius 2 is 1.85 bits per heavy atom. The van der Waals surface area contributed by atoms with E-state index in [1.54, 1.807) is 0 Å². The summed E-state index contributed by atoms with van der Waals surface area (Å²) >= 11 is 0. The van der Waals surface area contributed by atoms with Gasteiger partial charge in [0.25, 0.3) is 0 Å². The molecule has 0 aromatic rings. The van der Waals surface area contributed by atoms with E-state index in [9.17, 15) is 14.7 Å². The molecule has 2 aliphatic carbocycles. The molecule has 0 aromatic heterocycles. The minimum absolute atomic E-state index is 0.0862. The van der Waals surface area contributed by atoms with Crippen LogP contribution in [0.15, 0.2) is 0 Å². The average molecular weight is 281 g/mol. The van der Waals surface area contributed by atoms with Gasteiger partial charge in [0.1, 0.15) is 0 Å². The Morgan fingerprint density at radius 3 is 2.45 bits per heavy atom. The normalized spacial score (nSPS) is 32.8. The minimum Gasteiger partial charge on any atom is -0.481 e. The van der Waals surface area contributed by atoms with Crippen molar-refractivity contribution >= 4 is 11.9 Å². The lowest BCUT2D eigenvalue weighted by Gasteiger charge is -2.30. The maximum absolute atomic E-state index is 12.3. The van der Waals surface area contributed by atoms with Crippen LogP contribution in [-0.4, -0.2) is 23.5 Å². The van der Waals surface area contributed by atoms with Gasteiger partial charge in [0, 0.05) is 12.5 Å². The zero-order chi connectivity index (χ0) is 14.8. The number of carbonyl (C=O) groups is 2. The predicted octanol–water partition coefficient (Wildman–Crippen LogP) is 2.82. The lowest BCUT2D eigenvalue weighted by atomic mass is 9.78. The first-order chi connectivity index (χ1) is 9.42. The van der Waals surface area contributed by atoms with Gasteiger partial charge < -0.3 is 10.4 Å². The van der Waals surface area contributed by atoms with E-state index < -0.39 is 5.97 Å². The van der Waals surface area contributed by atoms with E-state index in [4.69, 9.17) is 0 Å². The molecule has 0 aliphatic heterocycles. The zero-order valence-corrected chi connectivity index (χ0v) is 12.7. The number of aliphatic carboxylic acids is 1. The summed E-state index contributed by atoms with van der Waals surface area (Å²) < 4.78 is 0. The fraction of sp³-hybridized carbons (Fsp3) is 0.875. The highest BCUT2D eigenvalue weighted by Crippen LogP contribution is 2.42. The molecule has 3 unspecified atom stereocenters. The van der Waals surface area contributed by atoms with Crippen LogP contribution in [0.1, 0.15) is 58.8 Å². The smallest absolute Gasteiger partial charge is 0.306 e. The highest BCUT2D eigenvalue weighted by molar-refractivity contribution is 5.80. The number of carboxylic acids is 1. The number of hydrogen-bond acceptors (Lipinski definition) is 2. The van der Waals surface area contributed by atoms with Crippen molar-refractivity contribution in [1.29, 1.82) is 0 Å². The van der Waals surface area contributed by atoms with Crippen molar-refractivity contribution in [2.45, 2.75) is 58.8 Å². The summed E-state index contributed by atoms with van der Waals surface area (Å²) in [4.78, 5) is 23.6. The molecule has 114 valence electrons. The molecule has 0 heterocycles. The van der Waals surface area contributed by atoms with Crippen LogP contribution in [0, 0.1) is 23.2 Å². The van der Waals surface area contributed by atoms with Gasteiger partial charge in [-0.15, -0.1) is 0 Å². The monoisotopic (exact) mass is 281 g/mol. The van der Waals surface area contributed by atoms with Gasteiger partial charge >= 0.3 is 5.97 Å². The second kappa shape index (κ2) is 6.15. The van der Waals surface area contributed by atoms with Gasteiger partial charge in [-0.25, -0.2) is 0 Å². The van der Waals surface area contributed by atoms with E-state index >= 15 is 0 Å². The Balaban J connectivity index is 1.87. The van der Waals surface area contributed by atoms with Crippen LogP contribution in [0.3, 0.4) is 0 Å². The summed E-state index contributed by atoms with van der Waals surface area (Å²) in [6, 6.07) is 0. The van der Waals surface area contributed by atoms with Crippen molar-refractivity contribution in [2.75, 3.05) is 6.54 Å². The van der Waals surface area contributed by atoms with Crippen molar-refractivity contribution in [3.63, 3.8) is 0 Å². The van der Waals surface area contributed by atoms with Crippen LogP contribution < -0.4 is 5.32 Å². The summed E-state index contributed by atoms with van der Waals surface area (Å²) in [5, 5.41) is 12.3. The summed E-state index contributed by atoms with van der Waals surface area (Å²) in [6.45, 7) is 4.85. The fourth-order valence-electron chi connectivity index (χ4n) is 3.94. The third-order valence-corrected chi connectivity index (χ3v) is 5.34. The lowest BCUT2D eigenvalue weighted by Crippen LogP contribution is -2.41. The molecule has 4 heteroatoms. The number of hydrogen-bond donors (Lipinski definition) is 2. The molecule has 2 saturated carbocycles. The summed E-state index contributed by atoms with van der Waals surface area (Å²) in [5.41, 5.74) is 0.0862. The van der Waals surface area contributed by atoms with Crippen molar-refractivity contribution in [2.24, 2.45) is 23.2 Å². The Morgan fingerprint density at radius 1 is 1.15 bits per heavy atom. The van der Waals surface area contributed by atoms with Gasteiger partial charge in [-0.1, -0.05) is 33.1 Å². The molecule has 2 N–H and O–H groups in total. The van der Waals surface area contributed by atoms with Crippen LogP contribution in [0.5, 0.6) is 0 Å². The van der Waals surface area contributed by atoms with E-state index in [0.29, 0.717) is 6.54 Å². The predicted molar refractivity (Wildman–Crippen MR) is 77.2 cm³/mol. The summed E-state index contributed by atoms with van der Waals surface area (Å²) in [6.07, 6.45) is 6.94. The second-order valence-corrected chi connectivity index (χ2v) is 7.17. The van der Waals surface area contributed by atoms with Gasteiger partial charge in [-0.05, 0) is 37.0 Å². The number of amides is 1. The maximum Gasteiger partial charge on any atom is 0.306 e. The highest BCUT2D eigenvalue weighted by atomic mass is 16.4. The molecule has 20 heavy (non-hydrogen) atoms. The lowest BCUT2D eigenvalue weighted by molar-refractivity contribution is -0.145. The fourth-order valence-corrected chi connectivity index (χ4v) is 3.94. The minimum atomic E-state index is -0.704. The van der Waals surface area contributed by atoms with Crippen LogP contribution in [0.4, 0.5) is 0 Å². The molecule has 0 saturated heterocycles. The first-order valence-corrected chi connectivity index (χ1v) is 7.92. The zero-order valence-electron chi connectivity index (χ0n) is 12.7. The SMILES string of the molecule is CC1(C)CCCC1C(=O)NCC1CCCCC1C(=O)O. The summed E-state index contributed by atoms with van der Waals surface area (Å²) in [5.74, 6) is -0.655. The quantitative estimate of drug-likeness (QED) is 0.832. The Kier molecular flexibility index (Phi) is 4.71. The molecule has 0 aromatic carbocycles. The number of nitrogens with one attached hydrogen (secondary N) is 1. The molecular weight excluding hydrogens is 254 g/mol. The van der Waals surface area contributed by atoms with Gasteiger partial charge in [-0.2, -0.15) is 0 Å². The van der Waals surface area contributed by atoms with E-state index in [2.05, 4.69) is 19.2 Å². The molecule has 1 amide bonds. The molecular formula is C16H27NO3. The van der Waals surface area contributed by atoms with Crippen LogP contribution in [0.2, 0.25) is 0 Å². The van der Waals surface area contributed by atoms with Crippen molar-refractivity contribution < 1.29 is 14.7 Å². The van der Waals surface area contributed by atoms with E-state index in [0.717, 1.165) is 44.9 Å². The van der Waals surface area contributed by atoms with Crippen LogP contribution in [-0.2, 0) is 9.59 Å². The van der Waals surface area contributed by atoms with Crippen molar-refractivity contribution in [3.05, 3.63) is 0 Å². The third kappa shape index (κ3) is 3.33. The number of carbonyl (C=O) groups excluding carboxylic acids is 1. The first kappa shape index (κ1) is 15.3. The molecule has 2 fully saturated rings. The standard InChI is InChI=1S/C16H27NO3/c1-16(2)9-5-8-13(16)14(18)17-10-11-6-3-4-7-12(11)15(19)20/h11-13H,3-10H2,1-2H3,(H,17,18)(H,19,20). The maximum atomic E-state index is 12.3. The summed E-state index contributed by atoms with van der Waals surface area (Å²) in [7, 11) is 0.